The van der Waals surface area contributed by atoms with Crippen LogP contribution in [0.15, 0.2) is 36.4 Å². The molecule has 0 saturated heterocycles. The molecule has 3 rings (SSSR count). The maximum absolute atomic E-state index is 6.00. The van der Waals surface area contributed by atoms with Crippen LogP contribution in [0.4, 0.5) is 0 Å². The van der Waals surface area contributed by atoms with E-state index in [0.29, 0.717) is 0 Å². The van der Waals surface area contributed by atoms with Crippen LogP contribution in [-0.2, 0) is 6.42 Å². The summed E-state index contributed by atoms with van der Waals surface area (Å²) in [7, 11) is 0. The molecular weight excluding hydrogens is 319 g/mol. The molecule has 0 saturated carbocycles. The van der Waals surface area contributed by atoms with Crippen LogP contribution in [0, 0.1) is 3.57 Å². The van der Waals surface area contributed by atoms with Gasteiger partial charge in [-0.1, -0.05) is 23.7 Å². The zero-order chi connectivity index (χ0) is 10.4. The molecule has 0 fully saturated rings. The van der Waals surface area contributed by atoms with Crippen LogP contribution in [0.5, 0.6) is 0 Å². The van der Waals surface area contributed by atoms with Gasteiger partial charge in [0, 0.05) is 8.59 Å². The highest BCUT2D eigenvalue weighted by Crippen LogP contribution is 2.38. The monoisotopic (exact) mass is 326 g/mol. The fourth-order valence-corrected chi connectivity index (χ4v) is 2.90. The molecule has 0 aromatic heterocycles. The normalized spacial score (nSPS) is 12.4. The van der Waals surface area contributed by atoms with Crippen molar-refractivity contribution in [1.29, 1.82) is 0 Å². The van der Waals surface area contributed by atoms with E-state index in [4.69, 9.17) is 11.6 Å². The second-order valence-electron chi connectivity index (χ2n) is 3.78. The summed E-state index contributed by atoms with van der Waals surface area (Å²) in [6.07, 6.45) is 1.02. The summed E-state index contributed by atoms with van der Waals surface area (Å²) in [6, 6.07) is 12.8. The minimum Gasteiger partial charge on any atom is -0.0843 e. The van der Waals surface area contributed by atoms with Crippen LogP contribution >= 0.6 is 34.2 Å². The highest BCUT2D eigenvalue weighted by atomic mass is 127. The molecule has 0 aliphatic heterocycles. The zero-order valence-corrected chi connectivity index (χ0v) is 10.8. The van der Waals surface area contributed by atoms with Gasteiger partial charge in [0.05, 0.1) is 0 Å². The summed E-state index contributed by atoms with van der Waals surface area (Å²) < 4.78 is 1.30. The van der Waals surface area contributed by atoms with Crippen molar-refractivity contribution in [3.8, 4) is 11.1 Å². The van der Waals surface area contributed by atoms with E-state index >= 15 is 0 Å². The average Bonchev–Trinajstić information content (AvgIpc) is 2.53. The second kappa shape index (κ2) is 3.49. The lowest BCUT2D eigenvalue weighted by molar-refractivity contribution is 1.26. The highest BCUT2D eigenvalue weighted by molar-refractivity contribution is 14.1. The quantitative estimate of drug-likeness (QED) is 0.533. The fourth-order valence-electron chi connectivity index (χ4n) is 2.15. The first kappa shape index (κ1) is 9.67. The third kappa shape index (κ3) is 1.58. The van der Waals surface area contributed by atoms with Gasteiger partial charge in [0.15, 0.2) is 0 Å². The van der Waals surface area contributed by atoms with E-state index in [0.717, 1.165) is 11.4 Å². The van der Waals surface area contributed by atoms with Crippen molar-refractivity contribution in [2.24, 2.45) is 0 Å². The summed E-state index contributed by atoms with van der Waals surface area (Å²) in [5, 5.41) is 0.830. The molecule has 0 radical (unpaired) electrons. The molecule has 2 aromatic rings. The van der Waals surface area contributed by atoms with Crippen molar-refractivity contribution < 1.29 is 0 Å². The van der Waals surface area contributed by atoms with E-state index in [2.05, 4.69) is 52.9 Å². The third-order valence-electron chi connectivity index (χ3n) is 2.81. The Bertz CT molecular complexity index is 497. The molecule has 0 spiro atoms. The second-order valence-corrected chi connectivity index (χ2v) is 5.46. The van der Waals surface area contributed by atoms with Crippen molar-refractivity contribution in [2.75, 3.05) is 0 Å². The molecule has 1 aliphatic rings. The van der Waals surface area contributed by atoms with Gasteiger partial charge in [-0.15, -0.1) is 0 Å². The van der Waals surface area contributed by atoms with E-state index in [9.17, 15) is 0 Å². The van der Waals surface area contributed by atoms with Gasteiger partial charge in [0.2, 0.25) is 0 Å². The van der Waals surface area contributed by atoms with Gasteiger partial charge in [-0.25, -0.2) is 0 Å². The molecule has 15 heavy (non-hydrogen) atoms. The Balaban J connectivity index is 2.24. The number of benzene rings is 2. The molecule has 0 unspecified atom stereocenters. The smallest absolute Gasteiger partial charge is 0.0409 e. The first-order chi connectivity index (χ1) is 7.24. The molecule has 2 aromatic carbocycles. The van der Waals surface area contributed by atoms with E-state index in [-0.39, 0.29) is 0 Å². The van der Waals surface area contributed by atoms with Crippen LogP contribution in [0.2, 0.25) is 5.02 Å². The summed E-state index contributed by atoms with van der Waals surface area (Å²) in [5.41, 5.74) is 5.46. The Morgan fingerprint density at radius 2 is 1.60 bits per heavy atom. The molecule has 0 bridgehead atoms. The fraction of sp³-hybridized carbons (Fsp3) is 0.0769. The van der Waals surface area contributed by atoms with Crippen molar-refractivity contribution in [3.05, 3.63) is 56.1 Å². The Morgan fingerprint density at radius 1 is 0.933 bits per heavy atom. The minimum absolute atomic E-state index is 0.830. The van der Waals surface area contributed by atoms with Gasteiger partial charge < -0.3 is 0 Å². The van der Waals surface area contributed by atoms with Crippen molar-refractivity contribution in [1.82, 2.24) is 0 Å². The van der Waals surface area contributed by atoms with Crippen LogP contribution in [0.1, 0.15) is 11.1 Å². The Kier molecular flexibility index (Phi) is 2.25. The SMILES string of the molecule is Clc1ccc2c(c1)Cc1cc(I)ccc1-2. The molecule has 2 heteroatoms. The van der Waals surface area contributed by atoms with Gasteiger partial charge in [-0.3, -0.25) is 0 Å². The number of fused-ring (bicyclic) bond motifs is 3. The van der Waals surface area contributed by atoms with Gasteiger partial charge >= 0.3 is 0 Å². The Morgan fingerprint density at radius 3 is 2.40 bits per heavy atom. The summed E-state index contributed by atoms with van der Waals surface area (Å²) in [4.78, 5) is 0. The minimum atomic E-state index is 0.830. The highest BCUT2D eigenvalue weighted by Gasteiger charge is 2.18. The number of hydrogen-bond donors (Lipinski definition) is 0. The number of hydrogen-bond acceptors (Lipinski definition) is 0. The molecule has 0 heterocycles. The van der Waals surface area contributed by atoms with Crippen molar-refractivity contribution in [2.45, 2.75) is 6.42 Å². The lowest BCUT2D eigenvalue weighted by atomic mass is 10.1. The zero-order valence-electron chi connectivity index (χ0n) is 7.93. The van der Waals surface area contributed by atoms with E-state index in [1.165, 1.54) is 25.8 Å². The molecular formula is C13H8ClI. The lowest BCUT2D eigenvalue weighted by Gasteiger charge is -2.00. The topological polar surface area (TPSA) is 0 Å². The first-order valence-electron chi connectivity index (χ1n) is 4.81. The lowest BCUT2D eigenvalue weighted by Crippen LogP contribution is -1.80. The summed E-state index contributed by atoms with van der Waals surface area (Å²) in [6.45, 7) is 0. The molecule has 74 valence electrons. The van der Waals surface area contributed by atoms with Crippen molar-refractivity contribution >= 4 is 34.2 Å². The summed E-state index contributed by atoms with van der Waals surface area (Å²) >= 11 is 8.35. The standard InChI is InChI=1S/C13H8ClI/c14-10-1-3-12-8(6-10)5-9-7-11(15)2-4-13(9)12/h1-4,6-7H,5H2. The van der Waals surface area contributed by atoms with Gasteiger partial charge in [0.25, 0.3) is 0 Å². The number of halogens is 2. The van der Waals surface area contributed by atoms with E-state index < -0.39 is 0 Å². The van der Waals surface area contributed by atoms with Gasteiger partial charge in [-0.05, 0) is 75.5 Å². The van der Waals surface area contributed by atoms with Crippen LogP contribution < -0.4 is 0 Å². The van der Waals surface area contributed by atoms with Crippen LogP contribution in [-0.4, -0.2) is 0 Å². The van der Waals surface area contributed by atoms with Gasteiger partial charge in [-0.2, -0.15) is 0 Å². The van der Waals surface area contributed by atoms with Gasteiger partial charge in [0.1, 0.15) is 0 Å². The molecule has 0 atom stereocenters. The predicted octanol–water partition coefficient (Wildman–Crippen LogP) is 4.52. The average molecular weight is 327 g/mol. The van der Waals surface area contributed by atoms with Crippen LogP contribution in [0.25, 0.3) is 11.1 Å². The molecule has 0 amide bonds. The van der Waals surface area contributed by atoms with Crippen molar-refractivity contribution in [3.63, 3.8) is 0 Å². The molecule has 1 aliphatic carbocycles. The third-order valence-corrected chi connectivity index (χ3v) is 3.71. The Labute approximate surface area is 107 Å². The number of rotatable bonds is 0. The van der Waals surface area contributed by atoms with E-state index in [1.54, 1.807) is 0 Å². The first-order valence-corrected chi connectivity index (χ1v) is 6.27. The largest absolute Gasteiger partial charge is 0.0843 e. The van der Waals surface area contributed by atoms with E-state index in [1.807, 2.05) is 6.07 Å². The molecule has 0 nitrogen and oxygen atoms in total. The Hall–Kier alpha value is -0.540. The maximum Gasteiger partial charge on any atom is 0.0409 e. The van der Waals surface area contributed by atoms with Crippen LogP contribution in [0.3, 0.4) is 0 Å². The molecule has 0 N–H and O–H groups in total. The summed E-state index contributed by atoms with van der Waals surface area (Å²) in [5.74, 6) is 0. The predicted molar refractivity (Wildman–Crippen MR) is 72.4 cm³/mol. The maximum atomic E-state index is 6.00.